The molecule has 1 N–H and O–H groups in total. The first-order valence-electron chi connectivity index (χ1n) is 7.57. The van der Waals surface area contributed by atoms with Crippen LogP contribution in [0.2, 0.25) is 0 Å². The standard InChI is InChI=1S/C20H17N3/c21-14-17-11-12-20(22-15-17)23-19(18-9-5-2-6-10-18)13-16-7-3-1-4-8-16/h1-12,15,19H,13H2,(H,22,23)/t19-/m0/s1. The van der Waals surface area contributed by atoms with Crippen LogP contribution in [0.4, 0.5) is 5.82 Å². The molecule has 0 saturated carbocycles. The molecule has 0 radical (unpaired) electrons. The second-order valence-corrected chi connectivity index (χ2v) is 5.34. The van der Waals surface area contributed by atoms with Gasteiger partial charge in [-0.3, -0.25) is 0 Å². The first kappa shape index (κ1) is 14.8. The molecule has 2 aromatic carbocycles. The second kappa shape index (κ2) is 7.24. The van der Waals surface area contributed by atoms with E-state index >= 15 is 0 Å². The number of rotatable bonds is 5. The zero-order chi connectivity index (χ0) is 15.9. The van der Waals surface area contributed by atoms with E-state index < -0.39 is 0 Å². The highest BCUT2D eigenvalue weighted by molar-refractivity contribution is 5.42. The van der Waals surface area contributed by atoms with E-state index in [4.69, 9.17) is 5.26 Å². The van der Waals surface area contributed by atoms with E-state index in [1.54, 1.807) is 12.3 Å². The Morgan fingerprint density at radius 3 is 2.22 bits per heavy atom. The third-order valence-corrected chi connectivity index (χ3v) is 3.70. The number of pyridine rings is 1. The molecule has 0 fully saturated rings. The molecule has 1 atom stereocenters. The van der Waals surface area contributed by atoms with Gasteiger partial charge in [0.05, 0.1) is 11.6 Å². The minimum atomic E-state index is 0.124. The lowest BCUT2D eigenvalue weighted by molar-refractivity contribution is 0.770. The van der Waals surface area contributed by atoms with Crippen LogP contribution in [0.25, 0.3) is 0 Å². The topological polar surface area (TPSA) is 48.7 Å². The minimum absolute atomic E-state index is 0.124. The molecule has 0 bridgehead atoms. The average Bonchev–Trinajstić information content (AvgIpc) is 2.63. The summed E-state index contributed by atoms with van der Waals surface area (Å²) in [5, 5.41) is 12.3. The molecule has 112 valence electrons. The summed E-state index contributed by atoms with van der Waals surface area (Å²) < 4.78 is 0. The normalized spacial score (nSPS) is 11.4. The van der Waals surface area contributed by atoms with Gasteiger partial charge < -0.3 is 5.32 Å². The molecule has 23 heavy (non-hydrogen) atoms. The highest BCUT2D eigenvalue weighted by atomic mass is 15.0. The molecule has 3 aromatic rings. The van der Waals surface area contributed by atoms with Crippen molar-refractivity contribution in [2.24, 2.45) is 0 Å². The Balaban J connectivity index is 1.84. The molecule has 0 spiro atoms. The van der Waals surface area contributed by atoms with Crippen LogP contribution in [-0.4, -0.2) is 4.98 Å². The summed E-state index contributed by atoms with van der Waals surface area (Å²) in [6.45, 7) is 0. The zero-order valence-corrected chi connectivity index (χ0v) is 12.7. The number of benzene rings is 2. The van der Waals surface area contributed by atoms with Gasteiger partial charge in [-0.05, 0) is 29.7 Å². The summed E-state index contributed by atoms with van der Waals surface area (Å²) in [4.78, 5) is 4.32. The highest BCUT2D eigenvalue weighted by Gasteiger charge is 2.12. The van der Waals surface area contributed by atoms with Crippen molar-refractivity contribution in [3.05, 3.63) is 95.7 Å². The molecule has 0 aliphatic rings. The van der Waals surface area contributed by atoms with Gasteiger partial charge in [-0.2, -0.15) is 5.26 Å². The van der Waals surface area contributed by atoms with Gasteiger partial charge >= 0.3 is 0 Å². The van der Waals surface area contributed by atoms with E-state index in [2.05, 4.69) is 52.8 Å². The maximum Gasteiger partial charge on any atom is 0.126 e. The Morgan fingerprint density at radius 1 is 0.913 bits per heavy atom. The summed E-state index contributed by atoms with van der Waals surface area (Å²) >= 11 is 0. The van der Waals surface area contributed by atoms with Crippen molar-refractivity contribution in [3.8, 4) is 6.07 Å². The minimum Gasteiger partial charge on any atom is -0.363 e. The number of nitriles is 1. The lowest BCUT2D eigenvalue weighted by Gasteiger charge is -2.20. The van der Waals surface area contributed by atoms with Gasteiger partial charge in [0.1, 0.15) is 11.9 Å². The Labute approximate surface area is 136 Å². The third-order valence-electron chi connectivity index (χ3n) is 3.70. The van der Waals surface area contributed by atoms with Crippen LogP contribution >= 0.6 is 0 Å². The number of nitrogens with one attached hydrogen (secondary N) is 1. The van der Waals surface area contributed by atoms with Gasteiger partial charge in [0.25, 0.3) is 0 Å². The molecule has 3 nitrogen and oxygen atoms in total. The molecule has 3 heteroatoms. The fourth-order valence-corrected chi connectivity index (χ4v) is 2.51. The molecule has 0 amide bonds. The Bertz CT molecular complexity index is 775. The van der Waals surface area contributed by atoms with Crippen molar-refractivity contribution >= 4 is 5.82 Å². The number of anilines is 1. The van der Waals surface area contributed by atoms with E-state index in [0.29, 0.717) is 5.56 Å². The van der Waals surface area contributed by atoms with Crippen molar-refractivity contribution in [3.63, 3.8) is 0 Å². The summed E-state index contributed by atoms with van der Waals surface area (Å²) in [5.74, 6) is 0.772. The van der Waals surface area contributed by atoms with Crippen molar-refractivity contribution in [1.29, 1.82) is 5.26 Å². The number of nitrogens with zero attached hydrogens (tertiary/aromatic N) is 2. The Kier molecular flexibility index (Phi) is 4.66. The number of aromatic nitrogens is 1. The molecule has 0 aliphatic heterocycles. The van der Waals surface area contributed by atoms with Gasteiger partial charge in [0.2, 0.25) is 0 Å². The molecule has 0 unspecified atom stereocenters. The number of hydrogen-bond acceptors (Lipinski definition) is 3. The summed E-state index contributed by atoms with van der Waals surface area (Å²) in [6.07, 6.45) is 2.46. The van der Waals surface area contributed by atoms with Gasteiger partial charge in [-0.1, -0.05) is 60.7 Å². The van der Waals surface area contributed by atoms with Crippen LogP contribution in [0, 0.1) is 11.3 Å². The monoisotopic (exact) mass is 299 g/mol. The maximum absolute atomic E-state index is 8.87. The lowest BCUT2D eigenvalue weighted by Crippen LogP contribution is -2.14. The molecule has 1 heterocycles. The van der Waals surface area contributed by atoms with E-state index in [9.17, 15) is 0 Å². The largest absolute Gasteiger partial charge is 0.363 e. The second-order valence-electron chi connectivity index (χ2n) is 5.34. The average molecular weight is 299 g/mol. The summed E-state index contributed by atoms with van der Waals surface area (Å²) in [7, 11) is 0. The van der Waals surface area contributed by atoms with Gasteiger partial charge in [-0.25, -0.2) is 4.98 Å². The molecule has 0 saturated heterocycles. The SMILES string of the molecule is N#Cc1ccc(N[C@@H](Cc2ccccc2)c2ccccc2)nc1. The van der Waals surface area contributed by atoms with E-state index in [1.165, 1.54) is 11.1 Å². The fourth-order valence-electron chi connectivity index (χ4n) is 2.51. The molecular formula is C20H17N3. The predicted octanol–water partition coefficient (Wildman–Crippen LogP) is 4.35. The van der Waals surface area contributed by atoms with Crippen molar-refractivity contribution in [1.82, 2.24) is 4.98 Å². The lowest BCUT2D eigenvalue weighted by atomic mass is 9.99. The van der Waals surface area contributed by atoms with Gasteiger partial charge in [-0.15, -0.1) is 0 Å². The molecule has 0 aliphatic carbocycles. The van der Waals surface area contributed by atoms with E-state index in [-0.39, 0.29) is 6.04 Å². The maximum atomic E-state index is 8.87. The van der Waals surface area contributed by atoms with Crippen molar-refractivity contribution < 1.29 is 0 Å². The van der Waals surface area contributed by atoms with Crippen LogP contribution in [0.1, 0.15) is 22.7 Å². The molecule has 1 aromatic heterocycles. The predicted molar refractivity (Wildman–Crippen MR) is 91.9 cm³/mol. The highest BCUT2D eigenvalue weighted by Crippen LogP contribution is 2.22. The van der Waals surface area contributed by atoms with Crippen molar-refractivity contribution in [2.45, 2.75) is 12.5 Å². The van der Waals surface area contributed by atoms with E-state index in [1.807, 2.05) is 30.3 Å². The van der Waals surface area contributed by atoms with Crippen LogP contribution < -0.4 is 5.32 Å². The Morgan fingerprint density at radius 2 is 1.61 bits per heavy atom. The summed E-state index contributed by atoms with van der Waals surface area (Å²) in [5.41, 5.74) is 3.04. The third kappa shape index (κ3) is 3.96. The van der Waals surface area contributed by atoms with Crippen LogP contribution in [0.5, 0.6) is 0 Å². The molecular weight excluding hydrogens is 282 g/mol. The smallest absolute Gasteiger partial charge is 0.126 e. The van der Waals surface area contributed by atoms with Gasteiger partial charge in [0.15, 0.2) is 0 Å². The Hall–Kier alpha value is -3.12. The van der Waals surface area contributed by atoms with Crippen LogP contribution in [-0.2, 0) is 6.42 Å². The quantitative estimate of drug-likeness (QED) is 0.762. The van der Waals surface area contributed by atoms with Crippen LogP contribution in [0.3, 0.4) is 0 Å². The summed E-state index contributed by atoms with van der Waals surface area (Å²) in [6, 6.07) is 26.6. The van der Waals surface area contributed by atoms with Gasteiger partial charge in [0, 0.05) is 6.20 Å². The molecule has 3 rings (SSSR count). The first-order valence-corrected chi connectivity index (χ1v) is 7.57. The fraction of sp³-hybridized carbons (Fsp3) is 0.100. The van der Waals surface area contributed by atoms with Crippen molar-refractivity contribution in [2.75, 3.05) is 5.32 Å². The number of hydrogen-bond donors (Lipinski definition) is 1. The van der Waals surface area contributed by atoms with Crippen LogP contribution in [0.15, 0.2) is 79.0 Å². The zero-order valence-electron chi connectivity index (χ0n) is 12.7. The van der Waals surface area contributed by atoms with E-state index in [0.717, 1.165) is 12.2 Å². The first-order chi connectivity index (χ1) is 11.3.